The molecule has 2 saturated heterocycles. The van der Waals surface area contributed by atoms with Crippen LogP contribution >= 0.6 is 0 Å². The quantitative estimate of drug-likeness (QED) is 0.717. The van der Waals surface area contributed by atoms with Crippen LogP contribution in [0.25, 0.3) is 0 Å². The van der Waals surface area contributed by atoms with Crippen LogP contribution in [0, 0.1) is 0 Å². The SMILES string of the molecule is CN1CCC(NCCCN2CCCC2=O)CC1. The summed E-state index contributed by atoms with van der Waals surface area (Å²) in [4.78, 5) is 15.8. The Morgan fingerprint density at radius 3 is 2.71 bits per heavy atom. The summed E-state index contributed by atoms with van der Waals surface area (Å²) in [6, 6.07) is 0.695. The Balaban J connectivity index is 1.52. The second kappa shape index (κ2) is 6.36. The third-order valence-corrected chi connectivity index (χ3v) is 3.93. The molecule has 2 heterocycles. The van der Waals surface area contributed by atoms with Crippen LogP contribution in [0.15, 0.2) is 0 Å². The number of carbonyl (C=O) groups excluding carboxylic acids is 1. The Hall–Kier alpha value is -0.610. The van der Waals surface area contributed by atoms with Gasteiger partial charge >= 0.3 is 0 Å². The zero-order valence-electron chi connectivity index (χ0n) is 11.0. The zero-order valence-corrected chi connectivity index (χ0v) is 11.0. The van der Waals surface area contributed by atoms with E-state index in [0.29, 0.717) is 11.9 Å². The van der Waals surface area contributed by atoms with Crippen LogP contribution < -0.4 is 5.32 Å². The lowest BCUT2D eigenvalue weighted by Gasteiger charge is -2.29. The van der Waals surface area contributed by atoms with Gasteiger partial charge in [0, 0.05) is 25.6 Å². The van der Waals surface area contributed by atoms with E-state index in [1.807, 2.05) is 4.90 Å². The summed E-state index contributed by atoms with van der Waals surface area (Å²) < 4.78 is 0. The van der Waals surface area contributed by atoms with Crippen molar-refractivity contribution in [1.82, 2.24) is 15.1 Å². The van der Waals surface area contributed by atoms with E-state index in [-0.39, 0.29) is 0 Å². The highest BCUT2D eigenvalue weighted by Crippen LogP contribution is 2.10. The van der Waals surface area contributed by atoms with Crippen molar-refractivity contribution < 1.29 is 4.79 Å². The Morgan fingerprint density at radius 1 is 1.29 bits per heavy atom. The number of nitrogens with one attached hydrogen (secondary N) is 1. The van der Waals surface area contributed by atoms with E-state index < -0.39 is 0 Å². The van der Waals surface area contributed by atoms with Gasteiger partial charge in [-0.15, -0.1) is 0 Å². The van der Waals surface area contributed by atoms with Crippen molar-refractivity contribution in [3.8, 4) is 0 Å². The minimum absolute atomic E-state index is 0.351. The standard InChI is InChI=1S/C13H25N3O/c1-15-10-5-12(6-11-15)14-7-3-9-16-8-2-4-13(16)17/h12,14H,2-11H2,1H3. The Morgan fingerprint density at radius 2 is 2.06 bits per heavy atom. The van der Waals surface area contributed by atoms with Gasteiger partial charge < -0.3 is 15.1 Å². The summed E-state index contributed by atoms with van der Waals surface area (Å²) in [5.74, 6) is 0.351. The van der Waals surface area contributed by atoms with Crippen molar-refractivity contribution in [2.45, 2.75) is 38.1 Å². The molecule has 0 atom stereocenters. The smallest absolute Gasteiger partial charge is 0.222 e. The molecule has 98 valence electrons. The normalized spacial score (nSPS) is 23.6. The lowest BCUT2D eigenvalue weighted by molar-refractivity contribution is -0.127. The number of rotatable bonds is 5. The van der Waals surface area contributed by atoms with E-state index in [2.05, 4.69) is 17.3 Å². The van der Waals surface area contributed by atoms with E-state index in [9.17, 15) is 4.79 Å². The summed E-state index contributed by atoms with van der Waals surface area (Å²) >= 11 is 0. The topological polar surface area (TPSA) is 35.6 Å². The largest absolute Gasteiger partial charge is 0.343 e. The van der Waals surface area contributed by atoms with Gasteiger partial charge in [-0.1, -0.05) is 0 Å². The predicted molar refractivity (Wildman–Crippen MR) is 69.0 cm³/mol. The van der Waals surface area contributed by atoms with Crippen molar-refractivity contribution in [2.75, 3.05) is 39.8 Å². The molecule has 2 aliphatic rings. The van der Waals surface area contributed by atoms with E-state index in [0.717, 1.165) is 38.9 Å². The molecule has 0 saturated carbocycles. The first kappa shape index (κ1) is 12.8. The van der Waals surface area contributed by atoms with Gasteiger partial charge in [-0.05, 0) is 52.4 Å². The Kier molecular flexibility index (Phi) is 4.80. The summed E-state index contributed by atoms with van der Waals surface area (Å²) in [7, 11) is 2.19. The molecule has 0 bridgehead atoms. The molecule has 0 radical (unpaired) electrons. The second-order valence-electron chi connectivity index (χ2n) is 5.37. The third kappa shape index (κ3) is 3.96. The molecule has 0 unspecified atom stereocenters. The zero-order chi connectivity index (χ0) is 12.1. The van der Waals surface area contributed by atoms with Gasteiger partial charge in [-0.3, -0.25) is 4.79 Å². The molecule has 0 aromatic heterocycles. The molecule has 1 N–H and O–H groups in total. The van der Waals surface area contributed by atoms with Crippen molar-refractivity contribution in [3.05, 3.63) is 0 Å². The molecular formula is C13H25N3O. The van der Waals surface area contributed by atoms with Crippen LogP contribution in [0.3, 0.4) is 0 Å². The highest BCUT2D eigenvalue weighted by Gasteiger charge is 2.19. The van der Waals surface area contributed by atoms with Crippen molar-refractivity contribution in [1.29, 1.82) is 0 Å². The average Bonchev–Trinajstić information content (AvgIpc) is 2.73. The molecule has 4 nitrogen and oxygen atoms in total. The molecule has 2 aliphatic heterocycles. The van der Waals surface area contributed by atoms with Gasteiger partial charge in [-0.2, -0.15) is 0 Å². The van der Waals surface area contributed by atoms with Gasteiger partial charge in [0.1, 0.15) is 0 Å². The fourth-order valence-corrected chi connectivity index (χ4v) is 2.73. The molecular weight excluding hydrogens is 214 g/mol. The lowest BCUT2D eigenvalue weighted by atomic mass is 10.1. The summed E-state index contributed by atoms with van der Waals surface area (Å²) in [5, 5.41) is 3.62. The number of nitrogens with zero attached hydrogens (tertiary/aromatic N) is 2. The van der Waals surface area contributed by atoms with Gasteiger partial charge in [0.2, 0.25) is 5.91 Å². The summed E-state index contributed by atoms with van der Waals surface area (Å²) in [6.07, 6.45) is 5.44. The van der Waals surface area contributed by atoms with Crippen LogP contribution in [0.2, 0.25) is 0 Å². The predicted octanol–water partition coefficient (Wildman–Crippen LogP) is 0.683. The summed E-state index contributed by atoms with van der Waals surface area (Å²) in [5.41, 5.74) is 0. The number of hydrogen-bond donors (Lipinski definition) is 1. The van der Waals surface area contributed by atoms with Crippen molar-refractivity contribution >= 4 is 5.91 Å². The molecule has 1 amide bonds. The molecule has 17 heavy (non-hydrogen) atoms. The summed E-state index contributed by atoms with van der Waals surface area (Å²) in [6.45, 7) is 5.40. The highest BCUT2D eigenvalue weighted by atomic mass is 16.2. The molecule has 0 aromatic rings. The first-order valence-corrected chi connectivity index (χ1v) is 6.95. The van der Waals surface area contributed by atoms with Crippen LogP contribution in [0.4, 0.5) is 0 Å². The fraction of sp³-hybridized carbons (Fsp3) is 0.923. The third-order valence-electron chi connectivity index (χ3n) is 3.93. The van der Waals surface area contributed by atoms with Gasteiger partial charge in [0.05, 0.1) is 0 Å². The van der Waals surface area contributed by atoms with Crippen LogP contribution in [0.1, 0.15) is 32.1 Å². The van der Waals surface area contributed by atoms with Gasteiger partial charge in [0.25, 0.3) is 0 Å². The molecule has 2 fully saturated rings. The first-order chi connectivity index (χ1) is 8.25. The first-order valence-electron chi connectivity index (χ1n) is 6.95. The minimum Gasteiger partial charge on any atom is -0.343 e. The van der Waals surface area contributed by atoms with E-state index in [4.69, 9.17) is 0 Å². The lowest BCUT2D eigenvalue weighted by Crippen LogP contribution is -2.41. The van der Waals surface area contributed by atoms with Gasteiger partial charge in [-0.25, -0.2) is 0 Å². The van der Waals surface area contributed by atoms with E-state index >= 15 is 0 Å². The second-order valence-corrected chi connectivity index (χ2v) is 5.37. The molecule has 0 spiro atoms. The van der Waals surface area contributed by atoms with Crippen LogP contribution in [-0.4, -0.2) is 61.5 Å². The maximum Gasteiger partial charge on any atom is 0.222 e. The van der Waals surface area contributed by atoms with E-state index in [1.54, 1.807) is 0 Å². The molecule has 4 heteroatoms. The van der Waals surface area contributed by atoms with E-state index in [1.165, 1.54) is 25.9 Å². The van der Waals surface area contributed by atoms with Crippen LogP contribution in [-0.2, 0) is 4.79 Å². The molecule has 2 rings (SSSR count). The number of carbonyl (C=O) groups is 1. The molecule has 0 aliphatic carbocycles. The Labute approximate surface area is 104 Å². The van der Waals surface area contributed by atoms with Crippen molar-refractivity contribution in [2.24, 2.45) is 0 Å². The molecule has 0 aromatic carbocycles. The van der Waals surface area contributed by atoms with Crippen molar-refractivity contribution in [3.63, 3.8) is 0 Å². The number of piperidine rings is 1. The maximum atomic E-state index is 11.4. The maximum absolute atomic E-state index is 11.4. The van der Waals surface area contributed by atoms with Gasteiger partial charge in [0.15, 0.2) is 0 Å². The highest BCUT2D eigenvalue weighted by molar-refractivity contribution is 5.77. The number of amides is 1. The fourth-order valence-electron chi connectivity index (χ4n) is 2.73. The number of likely N-dealkylation sites (tertiary alicyclic amines) is 2. The monoisotopic (exact) mass is 239 g/mol. The Bertz CT molecular complexity index is 249. The van der Waals surface area contributed by atoms with Crippen LogP contribution in [0.5, 0.6) is 0 Å². The number of hydrogen-bond acceptors (Lipinski definition) is 3. The average molecular weight is 239 g/mol. The minimum atomic E-state index is 0.351.